The molecule has 0 bridgehead atoms. The van der Waals surface area contributed by atoms with Crippen LogP contribution >= 0.6 is 11.8 Å². The molecule has 0 radical (unpaired) electrons. The summed E-state index contributed by atoms with van der Waals surface area (Å²) in [6, 6.07) is 24.3. The standard InChI is InChI=1S/C22H20O3S/c1-23-18-9-7-17(8-10-18)21-15-26-22-13-19(11-12-20(22)25-21)24-14-16-5-3-2-4-6-16/h2-13,21H,14-15H2,1H3/t21-/m1/s1. The lowest BCUT2D eigenvalue weighted by atomic mass is 10.1. The molecule has 1 aliphatic rings. The molecule has 0 spiro atoms. The van der Waals surface area contributed by atoms with E-state index in [2.05, 4.69) is 30.3 Å². The second-order valence-corrected chi connectivity index (χ2v) is 7.14. The number of hydrogen-bond acceptors (Lipinski definition) is 4. The molecule has 26 heavy (non-hydrogen) atoms. The molecule has 4 rings (SSSR count). The minimum Gasteiger partial charge on any atom is -0.497 e. The zero-order chi connectivity index (χ0) is 17.8. The van der Waals surface area contributed by atoms with Crippen LogP contribution in [0.4, 0.5) is 0 Å². The van der Waals surface area contributed by atoms with E-state index in [0.717, 1.165) is 39.0 Å². The highest BCUT2D eigenvalue weighted by atomic mass is 32.2. The molecule has 0 saturated heterocycles. The topological polar surface area (TPSA) is 27.7 Å². The van der Waals surface area contributed by atoms with Gasteiger partial charge in [0.1, 0.15) is 30.0 Å². The van der Waals surface area contributed by atoms with Crippen molar-refractivity contribution in [3.8, 4) is 17.2 Å². The number of ether oxygens (including phenoxy) is 3. The molecule has 0 saturated carbocycles. The van der Waals surface area contributed by atoms with E-state index < -0.39 is 0 Å². The highest BCUT2D eigenvalue weighted by molar-refractivity contribution is 7.99. The zero-order valence-corrected chi connectivity index (χ0v) is 15.4. The van der Waals surface area contributed by atoms with Gasteiger partial charge in [-0.25, -0.2) is 0 Å². The molecule has 0 amide bonds. The Morgan fingerprint density at radius 3 is 2.50 bits per heavy atom. The summed E-state index contributed by atoms with van der Waals surface area (Å²) >= 11 is 1.80. The van der Waals surface area contributed by atoms with Crippen LogP contribution in [0.3, 0.4) is 0 Å². The van der Waals surface area contributed by atoms with Gasteiger partial charge in [0.2, 0.25) is 0 Å². The summed E-state index contributed by atoms with van der Waals surface area (Å²) in [6.07, 6.45) is 0.0505. The van der Waals surface area contributed by atoms with Gasteiger partial charge < -0.3 is 14.2 Å². The fourth-order valence-corrected chi connectivity index (χ4v) is 3.91. The average molecular weight is 364 g/mol. The average Bonchev–Trinajstić information content (AvgIpc) is 2.72. The van der Waals surface area contributed by atoms with Crippen molar-refractivity contribution in [2.24, 2.45) is 0 Å². The van der Waals surface area contributed by atoms with Crippen molar-refractivity contribution in [1.82, 2.24) is 0 Å². The van der Waals surface area contributed by atoms with E-state index in [4.69, 9.17) is 14.2 Å². The van der Waals surface area contributed by atoms with E-state index in [0.29, 0.717) is 6.61 Å². The van der Waals surface area contributed by atoms with Crippen molar-refractivity contribution in [2.75, 3.05) is 12.9 Å². The third-order valence-electron chi connectivity index (χ3n) is 4.31. The van der Waals surface area contributed by atoms with E-state index in [1.165, 1.54) is 0 Å². The van der Waals surface area contributed by atoms with Crippen LogP contribution in [0.1, 0.15) is 17.2 Å². The normalized spacial score (nSPS) is 15.7. The van der Waals surface area contributed by atoms with Crippen molar-refractivity contribution in [1.29, 1.82) is 0 Å². The first-order valence-corrected chi connectivity index (χ1v) is 9.54. The predicted octanol–water partition coefficient (Wildman–Crippen LogP) is 5.50. The lowest BCUT2D eigenvalue weighted by Crippen LogP contribution is -2.14. The Bertz CT molecular complexity index is 862. The molecule has 3 nitrogen and oxygen atoms in total. The molecule has 132 valence electrons. The molecular weight excluding hydrogens is 344 g/mol. The number of benzene rings is 3. The quantitative estimate of drug-likeness (QED) is 0.597. The molecule has 0 aromatic heterocycles. The van der Waals surface area contributed by atoms with Gasteiger partial charge in [-0.2, -0.15) is 0 Å². The third-order valence-corrected chi connectivity index (χ3v) is 5.41. The van der Waals surface area contributed by atoms with Crippen LogP contribution in [0.5, 0.6) is 17.2 Å². The maximum Gasteiger partial charge on any atom is 0.134 e. The van der Waals surface area contributed by atoms with Crippen LogP contribution in [-0.2, 0) is 6.61 Å². The summed E-state index contributed by atoms with van der Waals surface area (Å²) in [7, 11) is 1.68. The molecular formula is C22H20O3S. The highest BCUT2D eigenvalue weighted by Crippen LogP contribution is 2.42. The van der Waals surface area contributed by atoms with E-state index >= 15 is 0 Å². The first kappa shape index (κ1) is 16.9. The maximum absolute atomic E-state index is 6.19. The first-order valence-electron chi connectivity index (χ1n) is 8.56. The molecule has 0 N–H and O–H groups in total. The van der Waals surface area contributed by atoms with E-state index in [-0.39, 0.29) is 6.10 Å². The predicted molar refractivity (Wildman–Crippen MR) is 104 cm³/mol. The van der Waals surface area contributed by atoms with Gasteiger partial charge in [0.15, 0.2) is 0 Å². The Labute approximate surface area is 157 Å². The number of thioether (sulfide) groups is 1. The van der Waals surface area contributed by atoms with E-state index in [9.17, 15) is 0 Å². The van der Waals surface area contributed by atoms with Crippen molar-refractivity contribution >= 4 is 11.8 Å². The van der Waals surface area contributed by atoms with Crippen molar-refractivity contribution in [3.63, 3.8) is 0 Å². The second-order valence-electron chi connectivity index (χ2n) is 6.07. The van der Waals surface area contributed by atoms with Gasteiger partial charge in [-0.1, -0.05) is 42.5 Å². The smallest absolute Gasteiger partial charge is 0.134 e. The molecule has 0 fully saturated rings. The summed E-state index contributed by atoms with van der Waals surface area (Å²) in [4.78, 5) is 1.13. The second kappa shape index (κ2) is 7.75. The Morgan fingerprint density at radius 1 is 0.962 bits per heavy atom. The lowest BCUT2D eigenvalue weighted by molar-refractivity contribution is 0.219. The van der Waals surface area contributed by atoms with Crippen molar-refractivity contribution < 1.29 is 14.2 Å². The van der Waals surface area contributed by atoms with Gasteiger partial charge in [-0.15, -0.1) is 11.8 Å². The summed E-state index contributed by atoms with van der Waals surface area (Å²) < 4.78 is 17.3. The Kier molecular flexibility index (Phi) is 5.02. The largest absolute Gasteiger partial charge is 0.497 e. The van der Waals surface area contributed by atoms with Gasteiger partial charge >= 0.3 is 0 Å². The van der Waals surface area contributed by atoms with Crippen molar-refractivity contribution in [3.05, 3.63) is 83.9 Å². The summed E-state index contributed by atoms with van der Waals surface area (Å²) in [5.41, 5.74) is 2.32. The summed E-state index contributed by atoms with van der Waals surface area (Å²) in [5, 5.41) is 0. The molecule has 3 aromatic carbocycles. The molecule has 1 heterocycles. The van der Waals surface area contributed by atoms with Crippen LogP contribution in [0.15, 0.2) is 77.7 Å². The minimum absolute atomic E-state index is 0.0505. The highest BCUT2D eigenvalue weighted by Gasteiger charge is 2.22. The molecule has 4 heteroatoms. The van der Waals surface area contributed by atoms with Gasteiger partial charge in [0.05, 0.1) is 12.0 Å². The SMILES string of the molecule is COc1ccc([C@H]2CSc3cc(OCc4ccccc4)ccc3O2)cc1. The fraction of sp³-hybridized carbons (Fsp3) is 0.182. The first-order chi connectivity index (χ1) is 12.8. The number of fused-ring (bicyclic) bond motifs is 1. The third kappa shape index (κ3) is 3.81. The summed E-state index contributed by atoms with van der Waals surface area (Å²) in [6.45, 7) is 0.569. The van der Waals surface area contributed by atoms with E-state index in [1.54, 1.807) is 18.9 Å². The molecule has 3 aromatic rings. The van der Waals surface area contributed by atoms with Crippen LogP contribution in [0.25, 0.3) is 0 Å². The monoisotopic (exact) mass is 364 g/mol. The van der Waals surface area contributed by atoms with Gasteiger partial charge in [-0.05, 0) is 41.5 Å². The Hall–Kier alpha value is -2.59. The molecule has 1 aliphatic heterocycles. The Morgan fingerprint density at radius 2 is 1.73 bits per heavy atom. The molecule has 0 aliphatic carbocycles. The number of hydrogen-bond donors (Lipinski definition) is 0. The summed E-state index contributed by atoms with van der Waals surface area (Å²) in [5.74, 6) is 3.51. The maximum atomic E-state index is 6.19. The number of methoxy groups -OCH3 is 1. The lowest BCUT2D eigenvalue weighted by Gasteiger charge is -2.26. The Balaban J connectivity index is 1.43. The van der Waals surface area contributed by atoms with Gasteiger partial charge in [0.25, 0.3) is 0 Å². The zero-order valence-electron chi connectivity index (χ0n) is 14.6. The van der Waals surface area contributed by atoms with Crippen LogP contribution in [0, 0.1) is 0 Å². The van der Waals surface area contributed by atoms with E-state index in [1.807, 2.05) is 42.5 Å². The van der Waals surface area contributed by atoms with Crippen LogP contribution < -0.4 is 14.2 Å². The van der Waals surface area contributed by atoms with Gasteiger partial charge in [-0.3, -0.25) is 0 Å². The van der Waals surface area contributed by atoms with Crippen LogP contribution in [0.2, 0.25) is 0 Å². The molecule has 1 atom stereocenters. The number of rotatable bonds is 5. The van der Waals surface area contributed by atoms with Gasteiger partial charge in [0, 0.05) is 5.75 Å². The van der Waals surface area contributed by atoms with Crippen molar-refractivity contribution in [2.45, 2.75) is 17.6 Å². The molecule has 0 unspecified atom stereocenters. The fourth-order valence-electron chi connectivity index (χ4n) is 2.86. The minimum atomic E-state index is 0.0505. The van der Waals surface area contributed by atoms with Crippen LogP contribution in [-0.4, -0.2) is 12.9 Å².